The number of aliphatic hydroxyl groups excluding tert-OH is 2. The van der Waals surface area contributed by atoms with Crippen molar-refractivity contribution in [2.45, 2.75) is 19.6 Å². The summed E-state index contributed by atoms with van der Waals surface area (Å²) in [5.41, 5.74) is 5.62. The van der Waals surface area contributed by atoms with Crippen LogP contribution < -0.4 is 11.1 Å². The predicted molar refractivity (Wildman–Crippen MR) is 63.4 cm³/mol. The molecule has 5 N–H and O–H groups in total. The van der Waals surface area contributed by atoms with Crippen molar-refractivity contribution in [2.75, 3.05) is 30.9 Å². The molecule has 0 aromatic carbocycles. The van der Waals surface area contributed by atoms with E-state index in [2.05, 4.69) is 15.3 Å². The Morgan fingerprint density at radius 3 is 2.71 bits per heavy atom. The molecular formula is C10H18N4O3. The first kappa shape index (κ1) is 13.6. The van der Waals surface area contributed by atoms with Crippen molar-refractivity contribution >= 4 is 11.6 Å². The van der Waals surface area contributed by atoms with Crippen molar-refractivity contribution in [1.82, 2.24) is 9.97 Å². The highest BCUT2D eigenvalue weighted by molar-refractivity contribution is 5.45. The highest BCUT2D eigenvalue weighted by Crippen LogP contribution is 2.10. The first-order chi connectivity index (χ1) is 8.19. The molecule has 1 aromatic heterocycles. The third-order valence-electron chi connectivity index (χ3n) is 2.02. The third-order valence-corrected chi connectivity index (χ3v) is 2.02. The van der Waals surface area contributed by atoms with Crippen molar-refractivity contribution in [2.24, 2.45) is 0 Å². The fourth-order valence-corrected chi connectivity index (χ4v) is 1.21. The van der Waals surface area contributed by atoms with Crippen LogP contribution in [0.3, 0.4) is 0 Å². The topological polar surface area (TPSA) is 114 Å². The Morgan fingerprint density at radius 1 is 1.41 bits per heavy atom. The largest absolute Gasteiger partial charge is 0.394 e. The number of nitrogens with two attached hydrogens (primary N) is 1. The highest BCUT2D eigenvalue weighted by Gasteiger charge is 2.08. The smallest absolute Gasteiger partial charge is 0.158 e. The maximum atomic E-state index is 8.95. The van der Waals surface area contributed by atoms with Gasteiger partial charge in [0.1, 0.15) is 18.2 Å². The molecule has 7 nitrogen and oxygen atoms in total. The van der Waals surface area contributed by atoms with Crippen LogP contribution in [0.15, 0.2) is 6.07 Å². The van der Waals surface area contributed by atoms with Crippen LogP contribution in [0.5, 0.6) is 0 Å². The predicted octanol–water partition coefficient (Wildman–Crippen LogP) is -0.640. The maximum Gasteiger partial charge on any atom is 0.158 e. The van der Waals surface area contributed by atoms with E-state index in [-0.39, 0.29) is 19.8 Å². The molecular weight excluding hydrogens is 224 g/mol. The van der Waals surface area contributed by atoms with Crippen LogP contribution in [0.1, 0.15) is 12.7 Å². The molecule has 0 aliphatic rings. The summed E-state index contributed by atoms with van der Waals surface area (Å²) >= 11 is 0. The van der Waals surface area contributed by atoms with E-state index in [9.17, 15) is 0 Å². The zero-order valence-electron chi connectivity index (χ0n) is 9.76. The number of rotatable bonds is 7. The van der Waals surface area contributed by atoms with Gasteiger partial charge >= 0.3 is 0 Å². The molecule has 7 heteroatoms. The van der Waals surface area contributed by atoms with Gasteiger partial charge in [-0.1, -0.05) is 0 Å². The zero-order valence-corrected chi connectivity index (χ0v) is 9.76. The molecule has 1 aromatic rings. The second-order valence-corrected chi connectivity index (χ2v) is 3.44. The lowest BCUT2D eigenvalue weighted by Crippen LogP contribution is -2.28. The van der Waals surface area contributed by atoms with Crippen LogP contribution in [0.4, 0.5) is 11.6 Å². The number of aliphatic hydroxyl groups is 2. The maximum absolute atomic E-state index is 8.95. The van der Waals surface area contributed by atoms with Gasteiger partial charge in [0.25, 0.3) is 0 Å². The summed E-state index contributed by atoms with van der Waals surface area (Å²) in [6.07, 6.45) is 0. The molecule has 0 amide bonds. The SMILES string of the molecule is CCOCc1nc(N)cc(NC(CO)CO)n1. The van der Waals surface area contributed by atoms with Crippen molar-refractivity contribution in [3.05, 3.63) is 11.9 Å². The number of nitrogens with zero attached hydrogens (tertiary/aromatic N) is 2. The minimum Gasteiger partial charge on any atom is -0.394 e. The van der Waals surface area contributed by atoms with Crippen LogP contribution >= 0.6 is 0 Å². The van der Waals surface area contributed by atoms with Gasteiger partial charge in [0.15, 0.2) is 5.82 Å². The van der Waals surface area contributed by atoms with E-state index in [0.717, 1.165) is 0 Å². The molecule has 0 spiro atoms. The molecule has 0 atom stereocenters. The van der Waals surface area contributed by atoms with E-state index in [1.165, 1.54) is 6.07 Å². The third kappa shape index (κ3) is 4.51. The van der Waals surface area contributed by atoms with Gasteiger partial charge in [0, 0.05) is 12.7 Å². The fourth-order valence-electron chi connectivity index (χ4n) is 1.21. The normalized spacial score (nSPS) is 10.8. The number of nitrogen functional groups attached to an aromatic ring is 1. The summed E-state index contributed by atoms with van der Waals surface area (Å²) in [5.74, 6) is 1.23. The minimum absolute atomic E-state index is 0.193. The summed E-state index contributed by atoms with van der Waals surface area (Å²) in [6, 6.07) is 1.07. The van der Waals surface area contributed by atoms with Gasteiger partial charge in [-0.2, -0.15) is 0 Å². The minimum atomic E-state index is -0.468. The van der Waals surface area contributed by atoms with Gasteiger partial charge < -0.3 is 26.0 Å². The van der Waals surface area contributed by atoms with Gasteiger partial charge in [0.2, 0.25) is 0 Å². The quantitative estimate of drug-likeness (QED) is 0.503. The second kappa shape index (κ2) is 7.00. The van der Waals surface area contributed by atoms with Crippen LogP contribution in [0, 0.1) is 0 Å². The van der Waals surface area contributed by atoms with E-state index in [4.69, 9.17) is 20.7 Å². The number of nitrogens with one attached hydrogen (secondary N) is 1. The van der Waals surface area contributed by atoms with Crippen molar-refractivity contribution < 1.29 is 14.9 Å². The zero-order chi connectivity index (χ0) is 12.7. The monoisotopic (exact) mass is 242 g/mol. The van der Waals surface area contributed by atoms with E-state index >= 15 is 0 Å². The van der Waals surface area contributed by atoms with Crippen LogP contribution in [0.25, 0.3) is 0 Å². The molecule has 0 saturated heterocycles. The molecule has 0 radical (unpaired) electrons. The molecule has 0 fully saturated rings. The van der Waals surface area contributed by atoms with Gasteiger partial charge in [-0.3, -0.25) is 0 Å². The number of hydrogen-bond donors (Lipinski definition) is 4. The average molecular weight is 242 g/mol. The fraction of sp³-hybridized carbons (Fsp3) is 0.600. The standard InChI is InChI=1S/C10H18N4O3/c1-2-17-6-10-13-8(11)3-9(14-10)12-7(4-15)5-16/h3,7,15-16H,2,4-6H2,1H3,(H3,11,12,13,14). The number of aromatic nitrogens is 2. The lowest BCUT2D eigenvalue weighted by molar-refractivity contribution is 0.128. The Kier molecular flexibility index (Phi) is 5.61. The Balaban J connectivity index is 2.74. The lowest BCUT2D eigenvalue weighted by Gasteiger charge is -2.14. The average Bonchev–Trinajstić information content (AvgIpc) is 2.32. The highest BCUT2D eigenvalue weighted by atomic mass is 16.5. The Morgan fingerprint density at radius 2 is 2.12 bits per heavy atom. The lowest BCUT2D eigenvalue weighted by atomic mass is 10.3. The summed E-state index contributed by atoms with van der Waals surface area (Å²) in [6.45, 7) is 2.33. The van der Waals surface area contributed by atoms with Crippen molar-refractivity contribution in [3.63, 3.8) is 0 Å². The molecule has 0 aliphatic carbocycles. The van der Waals surface area contributed by atoms with Gasteiger partial charge in [-0.25, -0.2) is 9.97 Å². The van der Waals surface area contributed by atoms with E-state index in [0.29, 0.717) is 24.1 Å². The number of anilines is 2. The van der Waals surface area contributed by atoms with Gasteiger partial charge in [-0.05, 0) is 6.92 Å². The Bertz CT molecular complexity index is 344. The Labute approximate surface area is 99.7 Å². The van der Waals surface area contributed by atoms with E-state index in [1.54, 1.807) is 0 Å². The molecule has 0 bridgehead atoms. The van der Waals surface area contributed by atoms with Gasteiger partial charge in [0.05, 0.1) is 19.3 Å². The molecule has 0 aliphatic heterocycles. The number of ether oxygens (including phenoxy) is 1. The molecule has 1 heterocycles. The summed E-state index contributed by atoms with van der Waals surface area (Å²) in [5, 5.41) is 20.7. The van der Waals surface area contributed by atoms with E-state index < -0.39 is 6.04 Å². The molecule has 96 valence electrons. The van der Waals surface area contributed by atoms with Crippen LogP contribution in [-0.4, -0.2) is 46.0 Å². The summed E-state index contributed by atoms with van der Waals surface area (Å²) in [4.78, 5) is 8.16. The summed E-state index contributed by atoms with van der Waals surface area (Å²) in [7, 11) is 0. The Hall–Kier alpha value is -1.44. The summed E-state index contributed by atoms with van der Waals surface area (Å²) < 4.78 is 5.18. The first-order valence-electron chi connectivity index (χ1n) is 5.39. The molecule has 0 unspecified atom stereocenters. The van der Waals surface area contributed by atoms with Crippen molar-refractivity contribution in [1.29, 1.82) is 0 Å². The molecule has 17 heavy (non-hydrogen) atoms. The van der Waals surface area contributed by atoms with Gasteiger partial charge in [-0.15, -0.1) is 0 Å². The van der Waals surface area contributed by atoms with Crippen LogP contribution in [0.2, 0.25) is 0 Å². The van der Waals surface area contributed by atoms with Crippen LogP contribution in [-0.2, 0) is 11.3 Å². The van der Waals surface area contributed by atoms with Crippen molar-refractivity contribution in [3.8, 4) is 0 Å². The molecule has 0 saturated carbocycles. The van der Waals surface area contributed by atoms with E-state index in [1.807, 2.05) is 6.92 Å². The molecule has 1 rings (SSSR count). The first-order valence-corrected chi connectivity index (χ1v) is 5.39. The second-order valence-electron chi connectivity index (χ2n) is 3.44. The number of hydrogen-bond acceptors (Lipinski definition) is 7.